The van der Waals surface area contributed by atoms with Crippen LogP contribution < -0.4 is 5.56 Å². The fourth-order valence-corrected chi connectivity index (χ4v) is 3.76. The molecule has 0 aliphatic rings. The van der Waals surface area contributed by atoms with E-state index in [4.69, 9.17) is 9.47 Å². The summed E-state index contributed by atoms with van der Waals surface area (Å²) in [6.45, 7) is 10.7. The second-order valence-corrected chi connectivity index (χ2v) is 13.9. The normalized spacial score (nSPS) is 12.0. The highest BCUT2D eigenvalue weighted by Gasteiger charge is 2.14. The summed E-state index contributed by atoms with van der Waals surface area (Å²) in [5, 5.41) is 4.96. The third kappa shape index (κ3) is 5.18. The molecule has 3 aromatic rings. The number of hydrogen-bond acceptors (Lipinski definition) is 4. The predicted molar refractivity (Wildman–Crippen MR) is 114 cm³/mol. The molecular weight excluding hydrogens is 370 g/mol. The molecule has 0 fully saturated rings. The van der Waals surface area contributed by atoms with Crippen molar-refractivity contribution >= 4 is 19.0 Å². The van der Waals surface area contributed by atoms with E-state index in [0.29, 0.717) is 18.7 Å². The summed E-state index contributed by atoms with van der Waals surface area (Å²) in [7, 11) is -1.11. The molecule has 0 radical (unpaired) electrons. The lowest BCUT2D eigenvalue weighted by molar-refractivity contribution is 0.0532. The average molecular weight is 400 g/mol. The smallest absolute Gasteiger partial charge is 0.278 e. The van der Waals surface area contributed by atoms with E-state index < -0.39 is 8.07 Å². The van der Waals surface area contributed by atoms with Crippen molar-refractivity contribution in [2.45, 2.75) is 52.7 Å². The van der Waals surface area contributed by atoms with E-state index in [9.17, 15) is 4.79 Å². The van der Waals surface area contributed by atoms with Crippen LogP contribution in [0.5, 0.6) is 0 Å². The van der Waals surface area contributed by atoms with Gasteiger partial charge in [0.15, 0.2) is 0 Å². The van der Waals surface area contributed by atoms with Gasteiger partial charge in [0.05, 0.1) is 23.7 Å². The Bertz CT molecular complexity index is 974. The second-order valence-electron chi connectivity index (χ2n) is 8.30. The zero-order valence-corrected chi connectivity index (χ0v) is 18.1. The van der Waals surface area contributed by atoms with E-state index in [1.165, 1.54) is 4.68 Å². The Morgan fingerprint density at radius 3 is 2.54 bits per heavy atom. The number of ether oxygens (including phenoxy) is 2. The van der Waals surface area contributed by atoms with Gasteiger partial charge in [-0.1, -0.05) is 50.0 Å². The number of benzene rings is 1. The number of aromatic nitrogens is 3. The highest BCUT2D eigenvalue weighted by molar-refractivity contribution is 6.76. The summed E-state index contributed by atoms with van der Waals surface area (Å²) < 4.78 is 14.8. The van der Waals surface area contributed by atoms with Crippen molar-refractivity contribution in [3.63, 3.8) is 0 Å². The van der Waals surface area contributed by atoms with Crippen LogP contribution in [0.3, 0.4) is 0 Å². The molecule has 2 aromatic heterocycles. The molecule has 0 spiro atoms. The van der Waals surface area contributed by atoms with Gasteiger partial charge in [0.1, 0.15) is 13.5 Å². The third-order valence-corrected chi connectivity index (χ3v) is 6.33. The minimum atomic E-state index is -1.11. The molecule has 6 nitrogen and oxygen atoms in total. The maximum atomic E-state index is 12.8. The first-order valence-corrected chi connectivity index (χ1v) is 13.3. The number of rotatable bonds is 9. The standard InChI is InChI=1S/C21H29N3O3Si/c1-17-13-23(15-26-10-11-28(2,3)4)19-12-22-24(21(25)20(17)19)16-27-14-18-8-6-5-7-9-18/h5-9,12-13H,10-11,14-16H2,1-4H3. The quantitative estimate of drug-likeness (QED) is 0.403. The van der Waals surface area contributed by atoms with Gasteiger partial charge in [-0.05, 0) is 24.1 Å². The highest BCUT2D eigenvalue weighted by Crippen LogP contribution is 2.17. The predicted octanol–water partition coefficient (Wildman–Crippen LogP) is 3.99. The SMILES string of the molecule is Cc1cn(COCC[Si](C)(C)C)c2cnn(COCc3ccccc3)c(=O)c12. The summed E-state index contributed by atoms with van der Waals surface area (Å²) in [4.78, 5) is 12.8. The molecule has 2 heterocycles. The van der Waals surface area contributed by atoms with Gasteiger partial charge in [0.25, 0.3) is 5.56 Å². The number of nitrogens with zero attached hydrogens (tertiary/aromatic N) is 3. The van der Waals surface area contributed by atoms with Gasteiger partial charge >= 0.3 is 0 Å². The van der Waals surface area contributed by atoms with Crippen molar-refractivity contribution < 1.29 is 9.47 Å². The van der Waals surface area contributed by atoms with Crippen molar-refractivity contribution in [2.75, 3.05) is 6.61 Å². The first-order valence-electron chi connectivity index (χ1n) is 9.60. The highest BCUT2D eigenvalue weighted by atomic mass is 28.3. The summed E-state index contributed by atoms with van der Waals surface area (Å²) in [5.41, 5.74) is 2.65. The molecular formula is C21H29N3O3Si. The molecule has 0 aliphatic heterocycles. The molecule has 0 N–H and O–H groups in total. The monoisotopic (exact) mass is 399 g/mol. The minimum absolute atomic E-state index is 0.126. The number of aryl methyl sites for hydroxylation is 1. The lowest BCUT2D eigenvalue weighted by atomic mass is 10.2. The molecule has 0 atom stereocenters. The second kappa shape index (κ2) is 8.85. The molecule has 0 saturated heterocycles. The zero-order chi connectivity index (χ0) is 20.1. The third-order valence-electron chi connectivity index (χ3n) is 4.63. The molecule has 0 amide bonds. The average Bonchev–Trinajstić information content (AvgIpc) is 2.97. The van der Waals surface area contributed by atoms with Gasteiger partial charge in [0.2, 0.25) is 0 Å². The Morgan fingerprint density at radius 1 is 1.07 bits per heavy atom. The molecule has 0 saturated carbocycles. The van der Waals surface area contributed by atoms with Crippen LogP contribution in [0.25, 0.3) is 10.9 Å². The Kier molecular flexibility index (Phi) is 6.48. The van der Waals surface area contributed by atoms with E-state index in [1.807, 2.05) is 48.0 Å². The van der Waals surface area contributed by atoms with E-state index in [1.54, 1.807) is 6.20 Å². The topological polar surface area (TPSA) is 58.3 Å². The molecule has 0 aliphatic carbocycles. The number of fused-ring (bicyclic) bond motifs is 1. The Balaban J connectivity index is 1.68. The van der Waals surface area contributed by atoms with E-state index >= 15 is 0 Å². The summed E-state index contributed by atoms with van der Waals surface area (Å²) in [6, 6.07) is 11.0. The van der Waals surface area contributed by atoms with Crippen LogP contribution in [0.15, 0.2) is 47.5 Å². The van der Waals surface area contributed by atoms with Crippen molar-refractivity contribution in [1.82, 2.24) is 14.3 Å². The Morgan fingerprint density at radius 2 is 1.82 bits per heavy atom. The first-order chi connectivity index (χ1) is 13.3. The fraction of sp³-hybridized carbons (Fsp3) is 0.429. The van der Waals surface area contributed by atoms with E-state index in [0.717, 1.165) is 29.3 Å². The van der Waals surface area contributed by atoms with Gasteiger partial charge in [-0.3, -0.25) is 4.79 Å². The van der Waals surface area contributed by atoms with Crippen LogP contribution >= 0.6 is 0 Å². The van der Waals surface area contributed by atoms with Gasteiger partial charge < -0.3 is 14.0 Å². The van der Waals surface area contributed by atoms with Crippen LogP contribution in [-0.2, 0) is 29.5 Å². The van der Waals surface area contributed by atoms with Crippen LogP contribution in [0.1, 0.15) is 11.1 Å². The minimum Gasteiger partial charge on any atom is -0.361 e. The molecule has 1 aromatic carbocycles. The molecule has 0 unspecified atom stereocenters. The van der Waals surface area contributed by atoms with Crippen LogP contribution in [0.4, 0.5) is 0 Å². The number of hydrogen-bond donors (Lipinski definition) is 0. The molecule has 28 heavy (non-hydrogen) atoms. The van der Waals surface area contributed by atoms with Crippen molar-refractivity contribution in [2.24, 2.45) is 0 Å². The van der Waals surface area contributed by atoms with Crippen molar-refractivity contribution in [3.8, 4) is 0 Å². The van der Waals surface area contributed by atoms with Crippen LogP contribution in [-0.4, -0.2) is 29.0 Å². The van der Waals surface area contributed by atoms with E-state index in [-0.39, 0.29) is 12.3 Å². The lowest BCUT2D eigenvalue weighted by Crippen LogP contribution is -2.24. The van der Waals surface area contributed by atoms with Crippen LogP contribution in [0, 0.1) is 6.92 Å². The largest absolute Gasteiger partial charge is 0.361 e. The fourth-order valence-electron chi connectivity index (χ4n) is 3.00. The van der Waals surface area contributed by atoms with Gasteiger partial charge in [-0.25, -0.2) is 4.68 Å². The molecule has 7 heteroatoms. The van der Waals surface area contributed by atoms with Gasteiger partial charge in [-0.15, -0.1) is 0 Å². The van der Waals surface area contributed by atoms with Crippen molar-refractivity contribution in [3.05, 3.63) is 64.2 Å². The summed E-state index contributed by atoms with van der Waals surface area (Å²) >= 11 is 0. The zero-order valence-electron chi connectivity index (χ0n) is 17.1. The van der Waals surface area contributed by atoms with Crippen LogP contribution in [0.2, 0.25) is 25.7 Å². The summed E-state index contributed by atoms with van der Waals surface area (Å²) in [6.07, 6.45) is 3.68. The molecule has 0 bridgehead atoms. The molecule has 3 rings (SSSR count). The summed E-state index contributed by atoms with van der Waals surface area (Å²) in [5.74, 6) is 0. The van der Waals surface area contributed by atoms with Gasteiger partial charge in [0, 0.05) is 20.9 Å². The maximum absolute atomic E-state index is 12.8. The Hall–Kier alpha value is -2.22. The maximum Gasteiger partial charge on any atom is 0.278 e. The first kappa shape index (κ1) is 20.5. The van der Waals surface area contributed by atoms with Crippen molar-refractivity contribution in [1.29, 1.82) is 0 Å². The van der Waals surface area contributed by atoms with Gasteiger partial charge in [-0.2, -0.15) is 5.10 Å². The lowest BCUT2D eigenvalue weighted by Gasteiger charge is -2.15. The molecule has 150 valence electrons. The Labute approximate surface area is 166 Å². The van der Waals surface area contributed by atoms with E-state index in [2.05, 4.69) is 24.7 Å².